The van der Waals surface area contributed by atoms with Gasteiger partial charge >= 0.3 is 12.1 Å². The fraction of sp³-hybridized carbons (Fsp3) is 0.161. The lowest BCUT2D eigenvalue weighted by Crippen LogP contribution is -2.42. The molecule has 1 unspecified atom stereocenters. The summed E-state index contributed by atoms with van der Waals surface area (Å²) in [5.41, 5.74) is 8.53. The first-order valence-corrected chi connectivity index (χ1v) is 13.4. The number of primary amides is 1. The van der Waals surface area contributed by atoms with Crippen molar-refractivity contribution in [2.45, 2.75) is 25.2 Å². The number of nitrogens with zero attached hydrogens (tertiary/aromatic N) is 1. The number of fused-ring (bicyclic) bond motifs is 1. The molecule has 0 spiro atoms. The van der Waals surface area contributed by atoms with E-state index in [1.165, 1.54) is 12.1 Å². The second kappa shape index (κ2) is 11.6. The minimum absolute atomic E-state index is 0.202. The van der Waals surface area contributed by atoms with Gasteiger partial charge in [-0.3, -0.25) is 9.69 Å². The largest absolute Gasteiger partial charge is 0.423 e. The van der Waals surface area contributed by atoms with Crippen molar-refractivity contribution in [3.8, 4) is 16.9 Å². The molecule has 1 atom stereocenters. The lowest BCUT2D eigenvalue weighted by atomic mass is 9.91. The fourth-order valence-corrected chi connectivity index (χ4v) is 5.33. The minimum Gasteiger partial charge on any atom is -0.423 e. The summed E-state index contributed by atoms with van der Waals surface area (Å²) in [5.74, 6) is -0.901. The third-order valence-electron chi connectivity index (χ3n) is 6.96. The summed E-state index contributed by atoms with van der Waals surface area (Å²) in [4.78, 5) is 27.7. The van der Waals surface area contributed by atoms with E-state index in [1.54, 1.807) is 54.6 Å². The molecule has 4 aromatic rings. The number of amides is 1. The number of hydrogen-bond acceptors (Lipinski definition) is 4. The van der Waals surface area contributed by atoms with Crippen LogP contribution < -0.4 is 10.5 Å². The Morgan fingerprint density at radius 1 is 0.927 bits per heavy atom. The van der Waals surface area contributed by atoms with Gasteiger partial charge in [0.15, 0.2) is 0 Å². The standard InChI is InChI=1S/C31H23Cl2F3N2O3/c32-26-12-5-18(15-27(26)33)17-38-14-13-20-16-22(10-11-24(20)28(38)29(37)39)41-30(40)25-4-2-1-3-23(25)19-6-8-21(9-7-19)31(34,35)36/h1-12,15-16,28H,13-14,17H2,(H2,37,39). The van der Waals surface area contributed by atoms with E-state index in [0.29, 0.717) is 46.2 Å². The molecule has 0 saturated heterocycles. The Bertz CT molecular complexity index is 1620. The molecule has 5 rings (SSSR count). The maximum Gasteiger partial charge on any atom is 0.416 e. The number of carbonyl (C=O) groups is 2. The van der Waals surface area contributed by atoms with Crippen molar-refractivity contribution >= 4 is 35.1 Å². The molecule has 10 heteroatoms. The normalized spacial score (nSPS) is 15.3. The van der Waals surface area contributed by atoms with E-state index in [2.05, 4.69) is 0 Å². The molecule has 4 aromatic carbocycles. The highest BCUT2D eigenvalue weighted by atomic mass is 35.5. The summed E-state index contributed by atoms with van der Waals surface area (Å²) in [5, 5.41) is 0.860. The molecule has 0 aliphatic carbocycles. The predicted octanol–water partition coefficient (Wildman–Crippen LogP) is 7.48. The van der Waals surface area contributed by atoms with Crippen LogP contribution in [-0.4, -0.2) is 23.3 Å². The van der Waals surface area contributed by atoms with Crippen LogP contribution in [0.15, 0.2) is 84.9 Å². The van der Waals surface area contributed by atoms with Crippen LogP contribution in [0.25, 0.3) is 11.1 Å². The van der Waals surface area contributed by atoms with E-state index in [9.17, 15) is 22.8 Å². The highest BCUT2D eigenvalue weighted by Gasteiger charge is 2.32. The molecule has 1 aliphatic heterocycles. The zero-order chi connectivity index (χ0) is 29.3. The van der Waals surface area contributed by atoms with Crippen molar-refractivity contribution in [2.75, 3.05) is 6.54 Å². The first-order chi connectivity index (χ1) is 19.5. The van der Waals surface area contributed by atoms with Crippen LogP contribution in [0.1, 0.15) is 38.7 Å². The summed E-state index contributed by atoms with van der Waals surface area (Å²) in [7, 11) is 0. The molecule has 0 fully saturated rings. The Kier molecular flexibility index (Phi) is 8.09. The van der Waals surface area contributed by atoms with Crippen LogP contribution in [0.2, 0.25) is 10.0 Å². The molecule has 210 valence electrons. The number of ether oxygens (including phenoxy) is 1. The van der Waals surface area contributed by atoms with E-state index in [-0.39, 0.29) is 11.3 Å². The van der Waals surface area contributed by atoms with Gasteiger partial charge in [0.2, 0.25) is 5.91 Å². The lowest BCUT2D eigenvalue weighted by molar-refractivity contribution is -0.137. The molecule has 1 heterocycles. The van der Waals surface area contributed by atoms with Crippen LogP contribution in [0, 0.1) is 0 Å². The number of carbonyl (C=O) groups excluding carboxylic acids is 2. The topological polar surface area (TPSA) is 72.6 Å². The average molecular weight is 599 g/mol. The van der Waals surface area contributed by atoms with Crippen molar-refractivity contribution in [2.24, 2.45) is 5.73 Å². The zero-order valence-electron chi connectivity index (χ0n) is 21.4. The monoisotopic (exact) mass is 598 g/mol. The fourth-order valence-electron chi connectivity index (χ4n) is 5.01. The third-order valence-corrected chi connectivity index (χ3v) is 7.70. The van der Waals surface area contributed by atoms with Crippen molar-refractivity contribution in [3.63, 3.8) is 0 Å². The van der Waals surface area contributed by atoms with Gasteiger partial charge in [0.25, 0.3) is 0 Å². The molecule has 0 radical (unpaired) electrons. The van der Waals surface area contributed by atoms with Crippen LogP contribution in [0.4, 0.5) is 13.2 Å². The van der Waals surface area contributed by atoms with E-state index in [1.807, 2.05) is 11.0 Å². The van der Waals surface area contributed by atoms with Crippen molar-refractivity contribution in [1.82, 2.24) is 4.90 Å². The Balaban J connectivity index is 1.36. The first-order valence-electron chi connectivity index (χ1n) is 12.6. The maximum atomic E-state index is 13.2. The molecule has 1 amide bonds. The summed E-state index contributed by atoms with van der Waals surface area (Å²) < 4.78 is 44.7. The lowest BCUT2D eigenvalue weighted by Gasteiger charge is -2.35. The second-order valence-corrected chi connectivity index (χ2v) is 10.5. The summed E-state index contributed by atoms with van der Waals surface area (Å²) >= 11 is 12.2. The van der Waals surface area contributed by atoms with Gasteiger partial charge in [0.05, 0.1) is 21.2 Å². The van der Waals surface area contributed by atoms with Crippen LogP contribution in [-0.2, 0) is 23.9 Å². The predicted molar refractivity (Wildman–Crippen MR) is 151 cm³/mol. The highest BCUT2D eigenvalue weighted by Crippen LogP contribution is 2.35. The molecule has 0 bridgehead atoms. The number of alkyl halides is 3. The van der Waals surface area contributed by atoms with Gasteiger partial charge in [-0.15, -0.1) is 0 Å². The van der Waals surface area contributed by atoms with E-state index >= 15 is 0 Å². The molecule has 5 nitrogen and oxygen atoms in total. The molecular weight excluding hydrogens is 576 g/mol. The zero-order valence-corrected chi connectivity index (χ0v) is 22.9. The van der Waals surface area contributed by atoms with Gasteiger partial charge < -0.3 is 10.5 Å². The number of benzene rings is 4. The Labute approximate surface area is 244 Å². The molecule has 0 saturated carbocycles. The molecule has 41 heavy (non-hydrogen) atoms. The van der Waals surface area contributed by atoms with E-state index in [4.69, 9.17) is 33.7 Å². The Morgan fingerprint density at radius 2 is 1.66 bits per heavy atom. The van der Waals surface area contributed by atoms with Gasteiger partial charge in [0.1, 0.15) is 11.8 Å². The smallest absolute Gasteiger partial charge is 0.416 e. The van der Waals surface area contributed by atoms with Gasteiger partial charge in [-0.25, -0.2) is 4.79 Å². The molecule has 2 N–H and O–H groups in total. The number of hydrogen-bond donors (Lipinski definition) is 1. The third kappa shape index (κ3) is 6.25. The molecular formula is C31H23Cl2F3N2O3. The van der Waals surface area contributed by atoms with Gasteiger partial charge in [-0.05, 0) is 76.7 Å². The van der Waals surface area contributed by atoms with Crippen LogP contribution in [0.5, 0.6) is 5.75 Å². The Morgan fingerprint density at radius 3 is 2.34 bits per heavy atom. The van der Waals surface area contributed by atoms with Crippen molar-refractivity contribution in [1.29, 1.82) is 0 Å². The quantitative estimate of drug-likeness (QED) is 0.184. The average Bonchev–Trinajstić information content (AvgIpc) is 2.94. The van der Waals surface area contributed by atoms with Gasteiger partial charge in [0, 0.05) is 13.1 Å². The van der Waals surface area contributed by atoms with Crippen molar-refractivity contribution in [3.05, 3.63) is 123 Å². The van der Waals surface area contributed by atoms with E-state index < -0.39 is 29.7 Å². The summed E-state index contributed by atoms with van der Waals surface area (Å²) in [6, 6.07) is 20.7. The highest BCUT2D eigenvalue weighted by molar-refractivity contribution is 6.42. The van der Waals surface area contributed by atoms with E-state index in [0.717, 1.165) is 23.3 Å². The van der Waals surface area contributed by atoms with Gasteiger partial charge in [-0.2, -0.15) is 13.2 Å². The summed E-state index contributed by atoms with van der Waals surface area (Å²) in [6.45, 7) is 0.955. The van der Waals surface area contributed by atoms with Crippen LogP contribution in [0.3, 0.4) is 0 Å². The number of nitrogens with two attached hydrogens (primary N) is 1. The Hall–Kier alpha value is -3.85. The number of halogens is 5. The minimum atomic E-state index is -4.46. The number of esters is 1. The first kappa shape index (κ1) is 28.7. The van der Waals surface area contributed by atoms with Crippen LogP contribution >= 0.6 is 23.2 Å². The van der Waals surface area contributed by atoms with Gasteiger partial charge in [-0.1, -0.05) is 65.7 Å². The molecule has 0 aromatic heterocycles. The van der Waals surface area contributed by atoms with Crippen molar-refractivity contribution < 1.29 is 27.5 Å². The SMILES string of the molecule is NC(=O)C1c2ccc(OC(=O)c3ccccc3-c3ccc(C(F)(F)F)cc3)cc2CCN1Cc1ccc(Cl)c(Cl)c1. The summed E-state index contributed by atoms with van der Waals surface area (Å²) in [6.07, 6.45) is -3.88. The second-order valence-electron chi connectivity index (χ2n) is 9.64. The maximum absolute atomic E-state index is 13.2. The number of rotatable bonds is 6. The molecule has 1 aliphatic rings.